The number of unbranched alkanes of at least 4 members (excludes halogenated alkanes) is 2. The van der Waals surface area contributed by atoms with Crippen molar-refractivity contribution in [2.24, 2.45) is 16.8 Å². The Morgan fingerprint density at radius 1 is 1.02 bits per heavy atom. The molecular formula is C34H61N3O3. The predicted octanol–water partition coefficient (Wildman–Crippen LogP) is 8.14. The van der Waals surface area contributed by atoms with Crippen LogP contribution in [0.3, 0.4) is 0 Å². The van der Waals surface area contributed by atoms with Gasteiger partial charge in [-0.1, -0.05) is 47.5 Å². The Balaban J connectivity index is 0.000000637. The third-order valence-corrected chi connectivity index (χ3v) is 6.70. The number of methoxy groups -OCH3 is 1. The van der Waals surface area contributed by atoms with Crippen LogP contribution in [-0.2, 0) is 9.53 Å². The van der Waals surface area contributed by atoms with Crippen molar-refractivity contribution in [2.45, 2.75) is 106 Å². The van der Waals surface area contributed by atoms with Gasteiger partial charge in [0.15, 0.2) is 0 Å². The van der Waals surface area contributed by atoms with Crippen molar-refractivity contribution in [3.63, 3.8) is 0 Å². The summed E-state index contributed by atoms with van der Waals surface area (Å²) in [6.07, 6.45) is 10.9. The fourth-order valence-corrected chi connectivity index (χ4v) is 4.78. The van der Waals surface area contributed by atoms with Gasteiger partial charge < -0.3 is 14.5 Å². The number of esters is 1. The summed E-state index contributed by atoms with van der Waals surface area (Å²) >= 11 is 0. The average Bonchev–Trinajstić information content (AvgIpc) is 2.91. The molecule has 0 amide bonds. The average molecular weight is 560 g/mol. The number of rotatable bonds is 14. The maximum atomic E-state index is 11.0. The molecule has 1 aliphatic rings. The number of hydrogen-bond donors (Lipinski definition) is 0. The number of hydrogen-bond acceptors (Lipinski definition) is 6. The lowest BCUT2D eigenvalue weighted by atomic mass is 10.1. The van der Waals surface area contributed by atoms with Crippen LogP contribution >= 0.6 is 0 Å². The van der Waals surface area contributed by atoms with Gasteiger partial charge in [-0.15, -0.1) is 0 Å². The van der Waals surface area contributed by atoms with E-state index in [4.69, 9.17) is 0 Å². The molecule has 0 spiro atoms. The van der Waals surface area contributed by atoms with Crippen LogP contribution in [0, 0.1) is 18.8 Å². The number of benzene rings is 1. The molecule has 40 heavy (non-hydrogen) atoms. The molecule has 0 saturated carbocycles. The molecule has 6 nitrogen and oxygen atoms in total. The van der Waals surface area contributed by atoms with E-state index < -0.39 is 0 Å². The largest absolute Gasteiger partial charge is 0.469 e. The van der Waals surface area contributed by atoms with Crippen molar-refractivity contribution >= 4 is 23.7 Å². The van der Waals surface area contributed by atoms with Gasteiger partial charge in [0.1, 0.15) is 6.29 Å². The van der Waals surface area contributed by atoms with Crippen LogP contribution in [0.5, 0.6) is 0 Å². The first-order valence-electron chi connectivity index (χ1n) is 15.6. The number of carbonyl (C=O) groups is 2. The molecule has 0 radical (unpaired) electrons. The highest BCUT2D eigenvalue weighted by atomic mass is 16.5. The third kappa shape index (κ3) is 20.8. The monoisotopic (exact) mass is 559 g/mol. The molecule has 1 saturated heterocycles. The van der Waals surface area contributed by atoms with Crippen LogP contribution < -0.4 is 0 Å². The molecule has 2 rings (SSSR count). The molecular weight excluding hydrogens is 498 g/mol. The highest BCUT2D eigenvalue weighted by Crippen LogP contribution is 2.20. The molecule has 0 N–H and O–H groups in total. The minimum absolute atomic E-state index is 0.167. The molecule has 0 unspecified atom stereocenters. The Hall–Kier alpha value is -2.05. The van der Waals surface area contributed by atoms with Crippen molar-refractivity contribution in [3.05, 3.63) is 29.3 Å². The molecule has 0 atom stereocenters. The predicted molar refractivity (Wildman–Crippen MR) is 172 cm³/mol. The number of ether oxygens (including phenoxy) is 1. The van der Waals surface area contributed by atoms with E-state index in [0.717, 1.165) is 54.3 Å². The summed E-state index contributed by atoms with van der Waals surface area (Å²) in [5.74, 6) is 1.42. The van der Waals surface area contributed by atoms with Gasteiger partial charge in [0, 0.05) is 30.8 Å². The molecule has 0 bridgehead atoms. The van der Waals surface area contributed by atoms with Gasteiger partial charge in [0.05, 0.1) is 12.8 Å². The van der Waals surface area contributed by atoms with E-state index in [9.17, 15) is 9.59 Å². The number of carbonyl (C=O) groups excluding carboxylic acids is 2. The lowest BCUT2D eigenvalue weighted by molar-refractivity contribution is -0.140. The Kier molecular flexibility index (Phi) is 22.4. The first-order valence-corrected chi connectivity index (χ1v) is 15.6. The zero-order valence-corrected chi connectivity index (χ0v) is 27.4. The summed E-state index contributed by atoms with van der Waals surface area (Å²) < 4.78 is 4.59. The summed E-state index contributed by atoms with van der Waals surface area (Å²) in [5.41, 5.74) is 3.57. The molecule has 1 aromatic rings. The lowest BCUT2D eigenvalue weighted by Gasteiger charge is -2.25. The second-order valence-corrected chi connectivity index (χ2v) is 12.1. The lowest BCUT2D eigenvalue weighted by Crippen LogP contribution is -2.30. The smallest absolute Gasteiger partial charge is 0.305 e. The molecule has 1 aromatic carbocycles. The Bertz CT molecular complexity index is 820. The summed E-state index contributed by atoms with van der Waals surface area (Å²) in [4.78, 5) is 31.2. The molecule has 1 aliphatic heterocycles. The van der Waals surface area contributed by atoms with Gasteiger partial charge >= 0.3 is 5.97 Å². The van der Waals surface area contributed by atoms with Crippen LogP contribution in [0.2, 0.25) is 0 Å². The van der Waals surface area contributed by atoms with Gasteiger partial charge in [-0.25, -0.2) is 0 Å². The van der Waals surface area contributed by atoms with Gasteiger partial charge in [-0.2, -0.15) is 0 Å². The fraction of sp³-hybridized carbons (Fsp3) is 0.735. The first kappa shape index (κ1) is 38.0. The summed E-state index contributed by atoms with van der Waals surface area (Å²) in [5, 5.41) is 0. The van der Waals surface area contributed by atoms with E-state index >= 15 is 0 Å². The normalized spacial score (nSPS) is 13.9. The van der Waals surface area contributed by atoms with Gasteiger partial charge in [-0.05, 0) is 115 Å². The highest BCUT2D eigenvalue weighted by Gasteiger charge is 2.08. The summed E-state index contributed by atoms with van der Waals surface area (Å²) in [6, 6.07) is 5.46. The van der Waals surface area contributed by atoms with Crippen LogP contribution in [0.15, 0.2) is 23.2 Å². The van der Waals surface area contributed by atoms with Crippen molar-refractivity contribution in [1.82, 2.24) is 9.80 Å². The number of aryl methyl sites for hydroxylation is 1. The van der Waals surface area contributed by atoms with Crippen LogP contribution in [0.4, 0.5) is 5.69 Å². The standard InChI is InChI=1S/C16H21NO3.C9H19N.C9H21N/c1-12-10-14(11-18)8-9-15(12)17-13(2)6-4-5-7-16(19)20-3;1-2-3-7-10-8-5-4-6-9-10;1-8(2)6-10(5)7-9(3)4/h8-11H,4-7H2,1-3H3;2-9H2,1H3;8-9H,6-7H2,1-5H3. The van der Waals surface area contributed by atoms with Crippen LogP contribution in [0.25, 0.3) is 0 Å². The van der Waals surface area contributed by atoms with Crippen molar-refractivity contribution in [2.75, 3.05) is 46.9 Å². The molecule has 1 heterocycles. The van der Waals surface area contributed by atoms with E-state index in [-0.39, 0.29) is 5.97 Å². The zero-order chi connectivity index (χ0) is 30.3. The van der Waals surface area contributed by atoms with E-state index in [1.165, 1.54) is 71.9 Å². The van der Waals surface area contributed by atoms with Crippen LogP contribution in [0.1, 0.15) is 115 Å². The Morgan fingerprint density at radius 2 is 1.62 bits per heavy atom. The van der Waals surface area contributed by atoms with E-state index in [1.54, 1.807) is 6.07 Å². The number of aliphatic imine (C=N–C) groups is 1. The SMILES string of the molecule is CC(C)CN(C)CC(C)C.CCCCN1CCCCC1.COC(=O)CCCCC(C)=Nc1ccc(C=O)cc1C. The minimum Gasteiger partial charge on any atom is -0.469 e. The number of nitrogens with zero attached hydrogens (tertiary/aromatic N) is 3. The quantitative estimate of drug-likeness (QED) is 0.0996. The van der Waals surface area contributed by atoms with E-state index in [2.05, 4.69) is 61.2 Å². The maximum Gasteiger partial charge on any atom is 0.305 e. The van der Waals surface area contributed by atoms with E-state index in [1.807, 2.05) is 26.0 Å². The Morgan fingerprint density at radius 3 is 2.12 bits per heavy atom. The Labute approximate surface area is 247 Å². The zero-order valence-electron chi connectivity index (χ0n) is 27.4. The first-order chi connectivity index (χ1) is 19.0. The van der Waals surface area contributed by atoms with E-state index in [0.29, 0.717) is 12.0 Å². The van der Waals surface area contributed by atoms with Gasteiger partial charge in [-0.3, -0.25) is 14.6 Å². The summed E-state index contributed by atoms with van der Waals surface area (Å²) in [6.45, 7) is 21.7. The minimum atomic E-state index is -0.167. The topological polar surface area (TPSA) is 62.2 Å². The van der Waals surface area contributed by atoms with Gasteiger partial charge in [0.25, 0.3) is 0 Å². The van der Waals surface area contributed by atoms with Gasteiger partial charge in [0.2, 0.25) is 0 Å². The molecule has 0 aliphatic carbocycles. The van der Waals surface area contributed by atoms with Crippen molar-refractivity contribution in [3.8, 4) is 0 Å². The highest BCUT2D eigenvalue weighted by molar-refractivity contribution is 5.85. The fourth-order valence-electron chi connectivity index (χ4n) is 4.78. The second-order valence-electron chi connectivity index (χ2n) is 12.1. The van der Waals surface area contributed by atoms with Crippen molar-refractivity contribution < 1.29 is 14.3 Å². The maximum absolute atomic E-state index is 11.0. The van der Waals surface area contributed by atoms with Crippen LogP contribution in [-0.4, -0.2) is 74.6 Å². The molecule has 6 heteroatoms. The number of aldehydes is 1. The number of likely N-dealkylation sites (tertiary alicyclic amines) is 1. The second kappa shape index (κ2) is 23.6. The molecule has 0 aromatic heterocycles. The summed E-state index contributed by atoms with van der Waals surface area (Å²) in [7, 11) is 3.60. The molecule has 230 valence electrons. The third-order valence-electron chi connectivity index (χ3n) is 6.70. The van der Waals surface area contributed by atoms with Crippen molar-refractivity contribution in [1.29, 1.82) is 0 Å². The number of piperidine rings is 1. The molecule has 1 fully saturated rings.